The molecule has 0 spiro atoms. The van der Waals surface area contributed by atoms with Gasteiger partial charge in [0.2, 0.25) is 0 Å². The van der Waals surface area contributed by atoms with Gasteiger partial charge in [-0.2, -0.15) is 0 Å². The Kier molecular flexibility index (Phi) is 8.74. The van der Waals surface area contributed by atoms with Crippen molar-refractivity contribution < 1.29 is 9.53 Å². The Morgan fingerprint density at radius 1 is 1.33 bits per heavy atom. The van der Waals surface area contributed by atoms with Crippen molar-refractivity contribution in [2.75, 3.05) is 0 Å². The highest BCUT2D eigenvalue weighted by Crippen LogP contribution is 2.07. The molecule has 1 atom stereocenters. The van der Waals surface area contributed by atoms with Gasteiger partial charge in [0.25, 0.3) is 0 Å². The Labute approximate surface area is 127 Å². The molecule has 1 amide bonds. The Morgan fingerprint density at radius 2 is 2.10 bits per heavy atom. The topological polar surface area (TPSA) is 38.3 Å². The van der Waals surface area contributed by atoms with Crippen molar-refractivity contribution in [1.29, 1.82) is 0 Å². The summed E-state index contributed by atoms with van der Waals surface area (Å²) in [6, 6.07) is 9.59. The highest BCUT2D eigenvalue weighted by molar-refractivity contribution is 5.67. The van der Waals surface area contributed by atoms with E-state index in [0.29, 0.717) is 0 Å². The smallest absolute Gasteiger partial charge is 0.407 e. The quantitative estimate of drug-likeness (QED) is 0.533. The van der Waals surface area contributed by atoms with E-state index in [1.807, 2.05) is 30.3 Å². The molecular weight excluding hydrogens is 262 g/mol. The number of carbonyl (C=O) groups excluding carboxylic acids is 1. The summed E-state index contributed by atoms with van der Waals surface area (Å²) in [4.78, 5) is 11.8. The van der Waals surface area contributed by atoms with Crippen LogP contribution in [0.3, 0.4) is 0 Å². The van der Waals surface area contributed by atoms with Crippen molar-refractivity contribution in [3.63, 3.8) is 0 Å². The molecule has 0 heterocycles. The van der Waals surface area contributed by atoms with Crippen molar-refractivity contribution in [2.24, 2.45) is 0 Å². The zero-order valence-corrected chi connectivity index (χ0v) is 12.8. The van der Waals surface area contributed by atoms with E-state index in [0.717, 1.165) is 18.4 Å². The molecule has 0 saturated carbocycles. The molecule has 1 aromatic carbocycles. The van der Waals surface area contributed by atoms with Gasteiger partial charge in [0.05, 0.1) is 6.04 Å². The first kappa shape index (κ1) is 17.1. The van der Waals surface area contributed by atoms with Crippen LogP contribution in [0.5, 0.6) is 0 Å². The molecule has 0 saturated heterocycles. The van der Waals surface area contributed by atoms with Gasteiger partial charge < -0.3 is 10.1 Å². The van der Waals surface area contributed by atoms with E-state index in [1.165, 1.54) is 19.3 Å². The molecular formula is C18H25NO2. The van der Waals surface area contributed by atoms with Crippen LogP contribution in [0.2, 0.25) is 0 Å². The fourth-order valence-corrected chi connectivity index (χ4v) is 2.05. The van der Waals surface area contributed by atoms with Crippen molar-refractivity contribution in [1.82, 2.24) is 5.32 Å². The summed E-state index contributed by atoms with van der Waals surface area (Å²) >= 11 is 0. The third-order valence-electron chi connectivity index (χ3n) is 3.20. The van der Waals surface area contributed by atoms with E-state index in [2.05, 4.69) is 24.6 Å². The summed E-state index contributed by atoms with van der Waals surface area (Å²) in [5.41, 5.74) is 3.72. The number of rotatable bonds is 9. The van der Waals surface area contributed by atoms with Crippen LogP contribution in [-0.4, -0.2) is 12.1 Å². The number of hydrogen-bond acceptors (Lipinski definition) is 2. The lowest BCUT2D eigenvalue weighted by Crippen LogP contribution is -2.33. The highest BCUT2D eigenvalue weighted by atomic mass is 16.5. The zero-order valence-electron chi connectivity index (χ0n) is 12.8. The normalized spacial score (nSPS) is 11.3. The molecule has 0 aromatic heterocycles. The number of carbonyl (C=O) groups is 1. The third-order valence-corrected chi connectivity index (χ3v) is 3.20. The van der Waals surface area contributed by atoms with Crippen LogP contribution in [0.1, 0.15) is 44.6 Å². The van der Waals surface area contributed by atoms with Gasteiger partial charge in [-0.3, -0.25) is 0 Å². The first-order chi connectivity index (χ1) is 10.3. The second kappa shape index (κ2) is 10.8. The van der Waals surface area contributed by atoms with E-state index in [4.69, 9.17) is 4.74 Å². The predicted octanol–water partition coefficient (Wildman–Crippen LogP) is 4.59. The molecule has 0 fully saturated rings. The largest absolute Gasteiger partial charge is 0.445 e. The van der Waals surface area contributed by atoms with E-state index >= 15 is 0 Å². The molecule has 1 unspecified atom stereocenters. The number of hydrogen-bond donors (Lipinski definition) is 1. The summed E-state index contributed by atoms with van der Waals surface area (Å²) in [6.45, 7) is 6.04. The van der Waals surface area contributed by atoms with Crippen molar-refractivity contribution in [2.45, 2.75) is 51.7 Å². The second-order valence-electron chi connectivity index (χ2n) is 5.03. The lowest BCUT2D eigenvalue weighted by atomic mass is 10.1. The van der Waals surface area contributed by atoms with Gasteiger partial charge >= 0.3 is 6.09 Å². The van der Waals surface area contributed by atoms with Crippen LogP contribution in [0, 0.1) is 0 Å². The summed E-state index contributed by atoms with van der Waals surface area (Å²) in [5.74, 6) is 0. The van der Waals surface area contributed by atoms with Gasteiger partial charge in [-0.25, -0.2) is 4.79 Å². The molecule has 3 nitrogen and oxygen atoms in total. The minimum atomic E-state index is -0.397. The maximum Gasteiger partial charge on any atom is 0.407 e. The first-order valence-electron chi connectivity index (χ1n) is 7.59. The van der Waals surface area contributed by atoms with E-state index < -0.39 is 6.09 Å². The number of nitrogens with one attached hydrogen (secondary N) is 1. The number of benzene rings is 1. The minimum Gasteiger partial charge on any atom is -0.445 e. The van der Waals surface area contributed by atoms with Crippen LogP contribution >= 0.6 is 0 Å². The first-order valence-corrected chi connectivity index (χ1v) is 7.59. The fraction of sp³-hybridized carbons (Fsp3) is 0.444. The number of alkyl carbamates (subject to hydrolysis) is 1. The van der Waals surface area contributed by atoms with Gasteiger partial charge in [0.15, 0.2) is 0 Å². The molecule has 1 aromatic rings. The van der Waals surface area contributed by atoms with Gasteiger partial charge in [0, 0.05) is 0 Å². The number of unbranched alkanes of at least 4 members (excludes halogenated alkanes) is 3. The Bertz CT molecular complexity index is 450. The SMILES string of the molecule is C=C=CC(CCCCCC)NC(=O)OCc1ccccc1. The van der Waals surface area contributed by atoms with Crippen LogP contribution < -0.4 is 5.32 Å². The van der Waals surface area contributed by atoms with Crippen molar-refractivity contribution >= 4 is 6.09 Å². The van der Waals surface area contributed by atoms with E-state index in [9.17, 15) is 4.79 Å². The Morgan fingerprint density at radius 3 is 2.76 bits per heavy atom. The van der Waals surface area contributed by atoms with Crippen LogP contribution in [0.15, 0.2) is 48.7 Å². The summed E-state index contributed by atoms with van der Waals surface area (Å²) < 4.78 is 5.21. The maximum atomic E-state index is 11.8. The van der Waals surface area contributed by atoms with Crippen LogP contribution in [-0.2, 0) is 11.3 Å². The molecule has 1 rings (SSSR count). The standard InChI is InChI=1S/C18H25NO2/c1-3-5-6-10-14-17(11-4-2)19-18(20)21-15-16-12-8-7-9-13-16/h7-9,11-13,17H,2-3,5-6,10,14-15H2,1H3,(H,19,20). The zero-order chi connectivity index (χ0) is 15.3. The average molecular weight is 287 g/mol. The monoisotopic (exact) mass is 287 g/mol. The molecule has 0 aliphatic carbocycles. The van der Waals surface area contributed by atoms with E-state index in [1.54, 1.807) is 6.08 Å². The molecule has 3 heteroatoms. The maximum absolute atomic E-state index is 11.8. The highest BCUT2D eigenvalue weighted by Gasteiger charge is 2.10. The van der Waals surface area contributed by atoms with Crippen LogP contribution in [0.4, 0.5) is 4.79 Å². The Hall–Kier alpha value is -1.99. The van der Waals surface area contributed by atoms with Crippen LogP contribution in [0.25, 0.3) is 0 Å². The molecule has 114 valence electrons. The van der Waals surface area contributed by atoms with Crippen molar-refractivity contribution in [3.05, 3.63) is 54.3 Å². The van der Waals surface area contributed by atoms with Crippen molar-refractivity contribution in [3.8, 4) is 0 Å². The Balaban J connectivity index is 2.32. The lowest BCUT2D eigenvalue weighted by Gasteiger charge is -2.14. The molecule has 0 bridgehead atoms. The van der Waals surface area contributed by atoms with Gasteiger partial charge in [-0.05, 0) is 18.1 Å². The summed E-state index contributed by atoms with van der Waals surface area (Å²) in [6.07, 6.45) is 6.97. The fourth-order valence-electron chi connectivity index (χ4n) is 2.05. The van der Waals surface area contributed by atoms with Gasteiger partial charge in [0.1, 0.15) is 6.61 Å². The minimum absolute atomic E-state index is 0.0531. The molecule has 0 aliphatic heterocycles. The number of ether oxygens (including phenoxy) is 1. The molecule has 21 heavy (non-hydrogen) atoms. The summed E-state index contributed by atoms with van der Waals surface area (Å²) in [5, 5.41) is 2.85. The van der Waals surface area contributed by atoms with Gasteiger partial charge in [-0.1, -0.05) is 69.5 Å². The average Bonchev–Trinajstić information content (AvgIpc) is 2.51. The lowest BCUT2D eigenvalue weighted by molar-refractivity contribution is 0.137. The van der Waals surface area contributed by atoms with E-state index in [-0.39, 0.29) is 12.6 Å². The third kappa shape index (κ3) is 8.01. The summed E-state index contributed by atoms with van der Waals surface area (Å²) in [7, 11) is 0. The molecule has 0 aliphatic rings. The second-order valence-corrected chi connectivity index (χ2v) is 5.03. The van der Waals surface area contributed by atoms with Gasteiger partial charge in [-0.15, -0.1) is 5.73 Å². The number of amides is 1. The molecule has 0 radical (unpaired) electrons. The molecule has 1 N–H and O–H groups in total. The predicted molar refractivity (Wildman–Crippen MR) is 86.0 cm³/mol.